The molecule has 0 saturated carbocycles. The van der Waals surface area contributed by atoms with Gasteiger partial charge in [0.25, 0.3) is 0 Å². The number of benzene rings is 2. The highest BCUT2D eigenvalue weighted by Gasteiger charge is 2.44. The Balaban J connectivity index is 2.04. The summed E-state index contributed by atoms with van der Waals surface area (Å²) in [6.07, 6.45) is 0.181. The molecular weight excluding hydrogens is 408 g/mol. The Kier molecular flexibility index (Phi) is 5.30. The summed E-state index contributed by atoms with van der Waals surface area (Å²) in [4.78, 5) is 29.8. The number of carbonyl (C=O) groups is 2. The predicted octanol–water partition coefficient (Wildman–Crippen LogP) is 3.35. The van der Waals surface area contributed by atoms with Gasteiger partial charge in [0.1, 0.15) is 29.5 Å². The van der Waals surface area contributed by atoms with Gasteiger partial charge in [0.15, 0.2) is 0 Å². The number of amides is 1. The summed E-state index contributed by atoms with van der Waals surface area (Å²) >= 11 is 5.90. The van der Waals surface area contributed by atoms with Crippen molar-refractivity contribution in [2.24, 2.45) is 0 Å². The fourth-order valence-corrected chi connectivity index (χ4v) is 4.37. The van der Waals surface area contributed by atoms with E-state index in [0.29, 0.717) is 17.1 Å². The molecule has 7 nitrogen and oxygen atoms in total. The Labute approximate surface area is 178 Å². The van der Waals surface area contributed by atoms with E-state index in [9.17, 15) is 14.7 Å². The highest BCUT2D eigenvalue weighted by atomic mass is 35.5. The van der Waals surface area contributed by atoms with E-state index >= 15 is 0 Å². The van der Waals surface area contributed by atoms with Crippen molar-refractivity contribution in [2.75, 3.05) is 20.1 Å². The molecule has 156 valence electrons. The average molecular weight is 429 g/mol. The topological polar surface area (TPSA) is 91.9 Å². The number of methoxy groups -OCH3 is 2. The molecule has 1 amide bonds. The molecule has 30 heavy (non-hydrogen) atoms. The maximum atomic E-state index is 12.9. The van der Waals surface area contributed by atoms with Crippen LogP contribution in [0.25, 0.3) is 10.9 Å². The molecule has 2 N–H and O–H groups in total. The lowest BCUT2D eigenvalue weighted by atomic mass is 9.87. The van der Waals surface area contributed by atoms with Gasteiger partial charge in [-0.05, 0) is 29.8 Å². The first-order valence-corrected chi connectivity index (χ1v) is 9.95. The number of fused-ring (bicyclic) bond motifs is 3. The number of carbonyl (C=O) groups excluding carboxylic acids is 1. The lowest BCUT2D eigenvalue weighted by Crippen LogP contribution is -2.52. The van der Waals surface area contributed by atoms with E-state index in [4.69, 9.17) is 21.1 Å². The number of aromatic nitrogens is 1. The van der Waals surface area contributed by atoms with Crippen LogP contribution < -0.4 is 9.47 Å². The molecule has 0 bridgehead atoms. The van der Waals surface area contributed by atoms with Crippen LogP contribution in [0.3, 0.4) is 0 Å². The largest absolute Gasteiger partial charge is 0.497 e. The maximum absolute atomic E-state index is 12.9. The predicted molar refractivity (Wildman–Crippen MR) is 112 cm³/mol. The Morgan fingerprint density at radius 2 is 1.97 bits per heavy atom. The summed E-state index contributed by atoms with van der Waals surface area (Å²) in [5, 5.41) is 10.9. The summed E-state index contributed by atoms with van der Waals surface area (Å²) in [7, 11) is 3.07. The summed E-state index contributed by atoms with van der Waals surface area (Å²) < 4.78 is 10.9. The van der Waals surface area contributed by atoms with Crippen molar-refractivity contribution in [1.82, 2.24) is 9.88 Å². The number of H-pyrrole nitrogens is 1. The molecule has 1 aromatic heterocycles. The third kappa shape index (κ3) is 3.15. The molecule has 0 unspecified atom stereocenters. The summed E-state index contributed by atoms with van der Waals surface area (Å²) in [5.74, 6) is -0.801. The summed E-state index contributed by atoms with van der Waals surface area (Å²) in [5.41, 5.74) is 3.11. The van der Waals surface area contributed by atoms with E-state index < -0.39 is 24.0 Å². The van der Waals surface area contributed by atoms with Crippen LogP contribution in [0.2, 0.25) is 0 Å². The molecule has 2 heterocycles. The lowest BCUT2D eigenvalue weighted by molar-refractivity contribution is -0.151. The highest BCUT2D eigenvalue weighted by molar-refractivity contribution is 6.27. The number of nitrogens with zero attached hydrogens (tertiary/aromatic N) is 1. The number of alkyl halides is 1. The number of hydrogen-bond acceptors (Lipinski definition) is 4. The van der Waals surface area contributed by atoms with Crippen molar-refractivity contribution in [3.63, 3.8) is 0 Å². The van der Waals surface area contributed by atoms with E-state index in [1.165, 1.54) is 12.0 Å². The number of aliphatic carboxylic acids is 1. The van der Waals surface area contributed by atoms with Crippen molar-refractivity contribution in [2.45, 2.75) is 18.5 Å². The second-order valence-electron chi connectivity index (χ2n) is 7.07. The number of hydrogen-bond donors (Lipinski definition) is 2. The van der Waals surface area contributed by atoms with Crippen LogP contribution >= 0.6 is 11.6 Å². The van der Waals surface area contributed by atoms with Crippen molar-refractivity contribution in [3.8, 4) is 11.5 Å². The van der Waals surface area contributed by atoms with Crippen molar-refractivity contribution < 1.29 is 24.2 Å². The minimum atomic E-state index is -1.09. The Morgan fingerprint density at radius 1 is 1.20 bits per heavy atom. The molecule has 2 aromatic carbocycles. The third-order valence-corrected chi connectivity index (χ3v) is 5.78. The van der Waals surface area contributed by atoms with Gasteiger partial charge < -0.3 is 24.5 Å². The van der Waals surface area contributed by atoms with E-state index in [1.54, 1.807) is 25.3 Å². The second kappa shape index (κ2) is 7.91. The first-order valence-electron chi connectivity index (χ1n) is 9.41. The summed E-state index contributed by atoms with van der Waals surface area (Å²) in [6.45, 7) is 0. The first kappa shape index (κ1) is 20.1. The van der Waals surface area contributed by atoms with Crippen molar-refractivity contribution >= 4 is 34.4 Å². The zero-order valence-corrected chi connectivity index (χ0v) is 17.3. The molecule has 0 spiro atoms. The molecule has 3 aromatic rings. The lowest BCUT2D eigenvalue weighted by Gasteiger charge is -2.40. The number of aromatic amines is 1. The van der Waals surface area contributed by atoms with Gasteiger partial charge in [-0.25, -0.2) is 4.79 Å². The van der Waals surface area contributed by atoms with Gasteiger partial charge in [0.2, 0.25) is 5.91 Å². The van der Waals surface area contributed by atoms with Gasteiger partial charge >= 0.3 is 5.97 Å². The zero-order chi connectivity index (χ0) is 21.4. The third-order valence-electron chi connectivity index (χ3n) is 5.55. The average Bonchev–Trinajstić information content (AvgIpc) is 3.15. The van der Waals surface area contributed by atoms with Gasteiger partial charge in [-0.15, -0.1) is 11.6 Å². The highest BCUT2D eigenvalue weighted by Crippen LogP contribution is 2.44. The van der Waals surface area contributed by atoms with Crippen LogP contribution in [0, 0.1) is 0 Å². The molecule has 0 aliphatic carbocycles. The molecule has 1 aliphatic heterocycles. The molecule has 8 heteroatoms. The molecular formula is C22H21ClN2O5. The number of rotatable bonds is 5. The molecule has 1 aliphatic rings. The van der Waals surface area contributed by atoms with Gasteiger partial charge in [0.05, 0.1) is 14.2 Å². The Bertz CT molecular complexity index is 1130. The monoisotopic (exact) mass is 428 g/mol. The maximum Gasteiger partial charge on any atom is 0.326 e. The number of halogens is 1. The van der Waals surface area contributed by atoms with E-state index in [0.717, 1.165) is 22.2 Å². The van der Waals surface area contributed by atoms with Gasteiger partial charge in [0, 0.05) is 28.6 Å². The van der Waals surface area contributed by atoms with E-state index in [2.05, 4.69) is 4.98 Å². The van der Waals surface area contributed by atoms with Gasteiger partial charge in [-0.1, -0.05) is 18.2 Å². The smallest absolute Gasteiger partial charge is 0.326 e. The Morgan fingerprint density at radius 3 is 2.63 bits per heavy atom. The number of carboxylic acid groups (broad SMARTS) is 1. The fraction of sp³-hybridized carbons (Fsp3) is 0.273. The fourth-order valence-electron chi connectivity index (χ4n) is 4.24. The van der Waals surface area contributed by atoms with Crippen LogP contribution in [0.4, 0.5) is 0 Å². The van der Waals surface area contributed by atoms with Crippen LogP contribution in [0.15, 0.2) is 42.5 Å². The molecule has 0 radical (unpaired) electrons. The molecule has 0 fully saturated rings. The van der Waals surface area contributed by atoms with Crippen LogP contribution in [-0.4, -0.2) is 53.0 Å². The van der Waals surface area contributed by atoms with Crippen LogP contribution in [0.1, 0.15) is 22.9 Å². The number of ether oxygens (including phenoxy) is 2. The molecule has 2 atom stereocenters. The standard InChI is InChI=1S/C22H21ClN2O5/c1-29-12-7-8-18(30-2)15(9-12)21-20-14(13-5-3-4-6-16(13)24-20)10-17(22(27)28)25(21)19(26)11-23/h3-9,17,21,24H,10-11H2,1-2H3,(H,27,28)/t17-,21+/m0/s1. The normalized spacial score (nSPS) is 18.2. The van der Waals surface area contributed by atoms with E-state index in [-0.39, 0.29) is 12.3 Å². The van der Waals surface area contributed by atoms with Crippen molar-refractivity contribution in [1.29, 1.82) is 0 Å². The second-order valence-corrected chi connectivity index (χ2v) is 7.33. The number of para-hydroxylation sites is 1. The quantitative estimate of drug-likeness (QED) is 0.608. The van der Waals surface area contributed by atoms with Gasteiger partial charge in [-0.2, -0.15) is 0 Å². The van der Waals surface area contributed by atoms with Crippen molar-refractivity contribution in [3.05, 3.63) is 59.3 Å². The SMILES string of the molecule is COc1ccc(OC)c([C@@H]2c3[nH]c4ccccc4c3C[C@@H](C(=O)O)N2C(=O)CCl)c1. The van der Waals surface area contributed by atoms with Crippen LogP contribution in [-0.2, 0) is 16.0 Å². The minimum Gasteiger partial charge on any atom is -0.497 e. The number of carboxylic acids is 1. The zero-order valence-electron chi connectivity index (χ0n) is 16.5. The number of nitrogens with one attached hydrogen (secondary N) is 1. The Hall–Kier alpha value is -3.19. The van der Waals surface area contributed by atoms with E-state index in [1.807, 2.05) is 24.3 Å². The molecule has 4 rings (SSSR count). The van der Waals surface area contributed by atoms with Crippen LogP contribution in [0.5, 0.6) is 11.5 Å². The molecule has 0 saturated heterocycles. The first-order chi connectivity index (χ1) is 14.5. The summed E-state index contributed by atoms with van der Waals surface area (Å²) in [6, 6.07) is 11.1. The minimum absolute atomic E-state index is 0.181. The van der Waals surface area contributed by atoms with Gasteiger partial charge in [-0.3, -0.25) is 4.79 Å².